The first kappa shape index (κ1) is 15.5. The maximum Gasteiger partial charge on any atom is 0.0940 e. The predicted octanol–water partition coefficient (Wildman–Crippen LogP) is 3.08. The second-order valence-electron chi connectivity index (χ2n) is 5.87. The van der Waals surface area contributed by atoms with E-state index < -0.39 is 0 Å². The summed E-state index contributed by atoms with van der Waals surface area (Å²) in [7, 11) is 0. The molecule has 1 aromatic carbocycles. The van der Waals surface area contributed by atoms with Crippen LogP contribution in [0.25, 0.3) is 0 Å². The van der Waals surface area contributed by atoms with Crippen molar-refractivity contribution in [3.8, 4) is 0 Å². The molecular weight excluding hydrogens is 311 g/mol. The van der Waals surface area contributed by atoms with E-state index in [2.05, 4.69) is 5.43 Å². The average Bonchev–Trinajstić information content (AvgIpc) is 2.92. The van der Waals surface area contributed by atoms with Crippen LogP contribution in [-0.2, 0) is 9.47 Å². The fraction of sp³-hybridized carbons (Fsp3) is 0.600. The molecule has 0 radical (unpaired) electrons. The van der Waals surface area contributed by atoms with Crippen LogP contribution in [-0.4, -0.2) is 25.4 Å². The zero-order valence-electron chi connectivity index (χ0n) is 11.8. The molecule has 116 valence electrons. The van der Waals surface area contributed by atoms with Gasteiger partial charge in [-0.05, 0) is 30.4 Å². The minimum atomic E-state index is -0.150. The highest BCUT2D eigenvalue weighted by molar-refractivity contribution is 6.42. The summed E-state index contributed by atoms with van der Waals surface area (Å²) < 4.78 is 11.5. The minimum Gasteiger partial charge on any atom is -0.378 e. The molecule has 0 aromatic heterocycles. The quantitative estimate of drug-likeness (QED) is 0.660. The Morgan fingerprint density at radius 3 is 2.90 bits per heavy atom. The fourth-order valence-electron chi connectivity index (χ4n) is 3.45. The van der Waals surface area contributed by atoms with Crippen molar-refractivity contribution in [3.05, 3.63) is 33.8 Å². The van der Waals surface area contributed by atoms with E-state index in [9.17, 15) is 0 Å². The van der Waals surface area contributed by atoms with Crippen LogP contribution in [0.4, 0.5) is 0 Å². The second-order valence-corrected chi connectivity index (χ2v) is 6.66. The summed E-state index contributed by atoms with van der Waals surface area (Å²) in [6, 6.07) is 5.64. The third-order valence-corrected chi connectivity index (χ3v) is 5.40. The zero-order chi connectivity index (χ0) is 14.9. The molecule has 2 fully saturated rings. The molecule has 2 heterocycles. The van der Waals surface area contributed by atoms with Crippen molar-refractivity contribution in [2.24, 2.45) is 11.8 Å². The first-order chi connectivity index (χ1) is 10.2. The van der Waals surface area contributed by atoms with Crippen molar-refractivity contribution < 1.29 is 9.47 Å². The summed E-state index contributed by atoms with van der Waals surface area (Å²) >= 11 is 12.5. The number of rotatable bonds is 3. The number of nitrogens with one attached hydrogen (secondary N) is 1. The summed E-state index contributed by atoms with van der Waals surface area (Å²) in [5.41, 5.74) is 3.72. The van der Waals surface area contributed by atoms with E-state index in [-0.39, 0.29) is 11.6 Å². The highest BCUT2D eigenvalue weighted by Gasteiger charge is 2.43. The van der Waals surface area contributed by atoms with Gasteiger partial charge in [-0.3, -0.25) is 11.3 Å². The Kier molecular flexibility index (Phi) is 4.74. The van der Waals surface area contributed by atoms with Gasteiger partial charge in [-0.2, -0.15) is 0 Å². The van der Waals surface area contributed by atoms with Gasteiger partial charge in [0.15, 0.2) is 0 Å². The zero-order valence-corrected chi connectivity index (χ0v) is 13.3. The van der Waals surface area contributed by atoms with Crippen molar-refractivity contribution in [1.82, 2.24) is 5.43 Å². The maximum atomic E-state index is 6.35. The molecule has 0 saturated carbocycles. The van der Waals surface area contributed by atoms with Crippen LogP contribution < -0.4 is 11.3 Å². The lowest BCUT2D eigenvalue weighted by atomic mass is 9.79. The van der Waals surface area contributed by atoms with Gasteiger partial charge in [0.25, 0.3) is 0 Å². The van der Waals surface area contributed by atoms with E-state index in [4.69, 9.17) is 38.5 Å². The third kappa shape index (κ3) is 3.07. The van der Waals surface area contributed by atoms with E-state index in [0.717, 1.165) is 38.0 Å². The molecule has 3 rings (SSSR count). The fourth-order valence-corrected chi connectivity index (χ4v) is 3.88. The van der Waals surface area contributed by atoms with Gasteiger partial charge < -0.3 is 9.47 Å². The van der Waals surface area contributed by atoms with Crippen LogP contribution in [0.5, 0.6) is 0 Å². The van der Waals surface area contributed by atoms with Crippen molar-refractivity contribution in [2.75, 3.05) is 19.8 Å². The summed E-state index contributed by atoms with van der Waals surface area (Å²) in [5.74, 6) is 6.17. The first-order valence-corrected chi connectivity index (χ1v) is 8.02. The number of benzene rings is 1. The minimum absolute atomic E-state index is 0.0300. The molecule has 3 unspecified atom stereocenters. The molecule has 4 nitrogen and oxygen atoms in total. The van der Waals surface area contributed by atoms with Crippen molar-refractivity contribution in [2.45, 2.75) is 30.9 Å². The molecule has 2 aliphatic heterocycles. The Morgan fingerprint density at radius 2 is 2.19 bits per heavy atom. The average molecular weight is 331 g/mol. The van der Waals surface area contributed by atoms with Crippen LogP contribution in [0.15, 0.2) is 18.2 Å². The maximum absolute atomic E-state index is 6.35. The molecule has 21 heavy (non-hydrogen) atoms. The summed E-state index contributed by atoms with van der Waals surface area (Å²) in [4.78, 5) is 0. The van der Waals surface area contributed by atoms with E-state index in [1.807, 2.05) is 12.1 Å². The normalized spacial score (nSPS) is 30.7. The van der Waals surface area contributed by atoms with E-state index in [0.29, 0.717) is 22.6 Å². The Hall–Kier alpha value is -0.360. The predicted molar refractivity (Wildman–Crippen MR) is 83.4 cm³/mol. The van der Waals surface area contributed by atoms with Crippen LogP contribution >= 0.6 is 23.2 Å². The third-order valence-electron chi connectivity index (χ3n) is 4.57. The lowest BCUT2D eigenvalue weighted by Gasteiger charge is -2.40. The van der Waals surface area contributed by atoms with Gasteiger partial charge in [-0.1, -0.05) is 35.3 Å². The Morgan fingerprint density at radius 1 is 1.33 bits per heavy atom. The van der Waals surface area contributed by atoms with Gasteiger partial charge in [-0.15, -0.1) is 0 Å². The topological polar surface area (TPSA) is 56.5 Å². The number of hydrogen-bond donors (Lipinski definition) is 2. The Balaban J connectivity index is 1.84. The molecule has 2 aliphatic rings. The second kappa shape index (κ2) is 6.41. The van der Waals surface area contributed by atoms with Gasteiger partial charge in [0, 0.05) is 19.6 Å². The standard InChI is InChI=1S/C15H20Cl2N2O2/c16-12-3-1-2-11(13(12)17)14(19-18)10-4-6-21-15(8-10)5-7-20-9-15/h1-3,10,14,19H,4-9,18H2. The molecule has 0 aliphatic carbocycles. The largest absolute Gasteiger partial charge is 0.378 e. The van der Waals surface area contributed by atoms with Crippen molar-refractivity contribution in [3.63, 3.8) is 0 Å². The number of ether oxygens (including phenoxy) is 2. The highest BCUT2D eigenvalue weighted by Crippen LogP contribution is 2.42. The lowest BCUT2D eigenvalue weighted by Crippen LogP contribution is -2.45. The Bertz CT molecular complexity index is 506. The van der Waals surface area contributed by atoms with Gasteiger partial charge in [-0.25, -0.2) is 0 Å². The van der Waals surface area contributed by atoms with Crippen LogP contribution in [0.2, 0.25) is 10.0 Å². The van der Waals surface area contributed by atoms with E-state index in [1.165, 1.54) is 0 Å². The van der Waals surface area contributed by atoms with Crippen LogP contribution in [0, 0.1) is 5.92 Å². The van der Waals surface area contributed by atoms with Gasteiger partial charge in [0.1, 0.15) is 0 Å². The smallest absolute Gasteiger partial charge is 0.0940 e. The molecular formula is C15H20Cl2N2O2. The van der Waals surface area contributed by atoms with Crippen LogP contribution in [0.3, 0.4) is 0 Å². The van der Waals surface area contributed by atoms with Crippen molar-refractivity contribution in [1.29, 1.82) is 0 Å². The van der Waals surface area contributed by atoms with Crippen LogP contribution in [0.1, 0.15) is 30.9 Å². The van der Waals surface area contributed by atoms with Gasteiger partial charge in [0.2, 0.25) is 0 Å². The summed E-state index contributed by atoms with van der Waals surface area (Å²) in [6.45, 7) is 2.17. The SMILES string of the molecule is NNC(c1cccc(Cl)c1Cl)C1CCOC2(CCOC2)C1. The highest BCUT2D eigenvalue weighted by atomic mass is 35.5. The monoisotopic (exact) mass is 330 g/mol. The number of nitrogens with two attached hydrogens (primary N) is 1. The first-order valence-electron chi connectivity index (χ1n) is 7.27. The number of halogens is 2. The molecule has 1 spiro atoms. The summed E-state index contributed by atoms with van der Waals surface area (Å²) in [6.07, 6.45) is 2.81. The molecule has 6 heteroatoms. The molecule has 3 atom stereocenters. The van der Waals surface area contributed by atoms with E-state index in [1.54, 1.807) is 6.07 Å². The van der Waals surface area contributed by atoms with Crippen molar-refractivity contribution >= 4 is 23.2 Å². The lowest BCUT2D eigenvalue weighted by molar-refractivity contribution is -0.103. The Labute approximate surface area is 134 Å². The molecule has 2 saturated heterocycles. The molecule has 3 N–H and O–H groups in total. The molecule has 1 aromatic rings. The van der Waals surface area contributed by atoms with Gasteiger partial charge >= 0.3 is 0 Å². The molecule has 0 amide bonds. The summed E-state index contributed by atoms with van der Waals surface area (Å²) in [5, 5.41) is 1.13. The number of hydrazine groups is 1. The van der Waals surface area contributed by atoms with E-state index >= 15 is 0 Å². The number of hydrogen-bond acceptors (Lipinski definition) is 4. The molecule has 0 bridgehead atoms. The van der Waals surface area contributed by atoms with Gasteiger partial charge in [0.05, 0.1) is 28.3 Å².